The molecule has 0 saturated heterocycles. The molecular weight excluding hydrogens is 184 g/mol. The molecule has 0 aliphatic heterocycles. The van der Waals surface area contributed by atoms with Crippen molar-refractivity contribution in [2.45, 2.75) is 38.8 Å². The molecule has 0 fully saturated rings. The third-order valence-electron chi connectivity index (χ3n) is 2.54. The summed E-state index contributed by atoms with van der Waals surface area (Å²) < 4.78 is 0. The second-order valence-electron chi connectivity index (χ2n) is 3.94. The molecule has 2 atom stereocenters. The first kappa shape index (κ1) is 11.9. The molecule has 2 heteroatoms. The summed E-state index contributed by atoms with van der Waals surface area (Å²) in [4.78, 5) is 4.02. The van der Waals surface area contributed by atoms with Crippen molar-refractivity contribution >= 4 is 0 Å². The molecule has 15 heavy (non-hydrogen) atoms. The van der Waals surface area contributed by atoms with Crippen LogP contribution in [0.2, 0.25) is 0 Å². The van der Waals surface area contributed by atoms with Gasteiger partial charge in [-0.1, -0.05) is 6.08 Å². The van der Waals surface area contributed by atoms with Gasteiger partial charge in [0.25, 0.3) is 0 Å². The second kappa shape index (κ2) is 6.36. The van der Waals surface area contributed by atoms with Crippen molar-refractivity contribution in [2.75, 3.05) is 0 Å². The smallest absolute Gasteiger partial charge is 0.0295 e. The molecule has 1 aromatic heterocycles. The van der Waals surface area contributed by atoms with Crippen LogP contribution in [0.4, 0.5) is 0 Å². The zero-order valence-corrected chi connectivity index (χ0v) is 9.61. The first-order valence-corrected chi connectivity index (χ1v) is 5.51. The zero-order chi connectivity index (χ0) is 11.1. The molecule has 0 aliphatic rings. The highest BCUT2D eigenvalue weighted by molar-refractivity contribution is 5.14. The quantitative estimate of drug-likeness (QED) is 0.720. The van der Waals surface area contributed by atoms with Gasteiger partial charge in [0.2, 0.25) is 0 Å². The van der Waals surface area contributed by atoms with E-state index in [2.05, 4.69) is 42.9 Å². The fourth-order valence-corrected chi connectivity index (χ4v) is 1.63. The number of rotatable bonds is 6. The molecule has 0 amide bonds. The van der Waals surface area contributed by atoms with Crippen molar-refractivity contribution in [2.24, 2.45) is 0 Å². The van der Waals surface area contributed by atoms with Crippen molar-refractivity contribution in [3.05, 3.63) is 42.7 Å². The van der Waals surface area contributed by atoms with Crippen molar-refractivity contribution in [1.82, 2.24) is 10.3 Å². The molecule has 0 bridgehead atoms. The minimum Gasteiger partial charge on any atom is -0.308 e. The van der Waals surface area contributed by atoms with E-state index >= 15 is 0 Å². The topological polar surface area (TPSA) is 24.9 Å². The molecule has 1 aromatic rings. The number of nitrogens with zero attached hydrogens (tertiary/aromatic N) is 1. The molecule has 0 radical (unpaired) electrons. The fraction of sp³-hybridized carbons (Fsp3) is 0.462. The van der Waals surface area contributed by atoms with E-state index in [9.17, 15) is 0 Å². The minimum atomic E-state index is 0.382. The average Bonchev–Trinajstić information content (AvgIpc) is 2.27. The van der Waals surface area contributed by atoms with E-state index in [0.29, 0.717) is 12.1 Å². The van der Waals surface area contributed by atoms with Gasteiger partial charge in [-0.25, -0.2) is 0 Å². The highest BCUT2D eigenvalue weighted by Crippen LogP contribution is 2.12. The fourth-order valence-electron chi connectivity index (χ4n) is 1.63. The van der Waals surface area contributed by atoms with Crippen LogP contribution < -0.4 is 5.32 Å². The Bertz CT molecular complexity index is 282. The molecule has 1 rings (SSSR count). The normalized spacial score (nSPS) is 14.5. The van der Waals surface area contributed by atoms with Gasteiger partial charge in [-0.15, -0.1) is 6.58 Å². The number of pyridine rings is 1. The van der Waals surface area contributed by atoms with E-state index in [1.807, 2.05) is 18.5 Å². The van der Waals surface area contributed by atoms with Gasteiger partial charge in [0.1, 0.15) is 0 Å². The van der Waals surface area contributed by atoms with Gasteiger partial charge >= 0.3 is 0 Å². The summed E-state index contributed by atoms with van der Waals surface area (Å²) in [6.45, 7) is 8.12. The summed E-state index contributed by atoms with van der Waals surface area (Å²) >= 11 is 0. The van der Waals surface area contributed by atoms with E-state index in [1.54, 1.807) is 0 Å². The third-order valence-corrected chi connectivity index (χ3v) is 2.54. The molecule has 0 spiro atoms. The molecule has 0 unspecified atom stereocenters. The standard InChI is InChI=1S/C13H20N2/c1-4-5-6-11(2)15-12(3)13-7-9-14-10-8-13/h4,7-12,15H,1,5-6H2,2-3H3/t11-,12-/m1/s1. The van der Waals surface area contributed by atoms with E-state index in [-0.39, 0.29) is 0 Å². The van der Waals surface area contributed by atoms with Crippen LogP contribution in [-0.2, 0) is 0 Å². The number of nitrogens with one attached hydrogen (secondary N) is 1. The third kappa shape index (κ3) is 4.26. The minimum absolute atomic E-state index is 0.382. The van der Waals surface area contributed by atoms with Crippen LogP contribution >= 0.6 is 0 Å². The summed E-state index contributed by atoms with van der Waals surface area (Å²) in [6, 6.07) is 5.01. The van der Waals surface area contributed by atoms with E-state index in [4.69, 9.17) is 0 Å². The maximum absolute atomic E-state index is 4.02. The van der Waals surface area contributed by atoms with Gasteiger partial charge < -0.3 is 5.32 Å². The van der Waals surface area contributed by atoms with Crippen molar-refractivity contribution in [3.63, 3.8) is 0 Å². The van der Waals surface area contributed by atoms with Crippen LogP contribution in [0.15, 0.2) is 37.2 Å². The predicted molar refractivity (Wildman–Crippen MR) is 64.7 cm³/mol. The summed E-state index contributed by atoms with van der Waals surface area (Å²) in [6.07, 6.45) is 7.84. The van der Waals surface area contributed by atoms with E-state index < -0.39 is 0 Å². The Kier molecular flexibility index (Phi) is 5.05. The SMILES string of the molecule is C=CCC[C@@H](C)N[C@H](C)c1ccncc1. The van der Waals surface area contributed by atoms with Crippen LogP contribution in [0, 0.1) is 0 Å². The predicted octanol–water partition coefficient (Wildman–Crippen LogP) is 3.09. The molecule has 0 aliphatic carbocycles. The summed E-state index contributed by atoms with van der Waals surface area (Å²) in [5, 5.41) is 3.56. The van der Waals surface area contributed by atoms with Crippen molar-refractivity contribution < 1.29 is 0 Å². The Hall–Kier alpha value is -1.15. The van der Waals surface area contributed by atoms with Gasteiger partial charge in [0.05, 0.1) is 0 Å². The molecule has 1 N–H and O–H groups in total. The Morgan fingerprint density at radius 1 is 1.40 bits per heavy atom. The van der Waals surface area contributed by atoms with Gasteiger partial charge in [-0.2, -0.15) is 0 Å². The average molecular weight is 204 g/mol. The molecule has 1 heterocycles. The lowest BCUT2D eigenvalue weighted by atomic mass is 10.1. The van der Waals surface area contributed by atoms with Crippen LogP contribution in [0.5, 0.6) is 0 Å². The molecule has 0 aromatic carbocycles. The summed E-state index contributed by atoms with van der Waals surface area (Å²) in [5.41, 5.74) is 1.29. The number of aromatic nitrogens is 1. The highest BCUT2D eigenvalue weighted by atomic mass is 14.9. The molecular formula is C13H20N2. The lowest BCUT2D eigenvalue weighted by Crippen LogP contribution is -2.28. The van der Waals surface area contributed by atoms with Gasteiger partial charge in [-0.05, 0) is 44.4 Å². The maximum atomic E-state index is 4.02. The largest absolute Gasteiger partial charge is 0.308 e. The number of allylic oxidation sites excluding steroid dienone is 1. The highest BCUT2D eigenvalue weighted by Gasteiger charge is 2.07. The Balaban J connectivity index is 2.41. The second-order valence-corrected chi connectivity index (χ2v) is 3.94. The lowest BCUT2D eigenvalue weighted by molar-refractivity contribution is 0.458. The molecule has 82 valence electrons. The Morgan fingerprint density at radius 2 is 2.07 bits per heavy atom. The summed E-state index contributed by atoms with van der Waals surface area (Å²) in [7, 11) is 0. The maximum Gasteiger partial charge on any atom is 0.0295 e. The Morgan fingerprint density at radius 3 is 2.67 bits per heavy atom. The lowest BCUT2D eigenvalue weighted by Gasteiger charge is -2.19. The number of hydrogen-bond acceptors (Lipinski definition) is 2. The number of hydrogen-bond donors (Lipinski definition) is 1. The molecule has 2 nitrogen and oxygen atoms in total. The van der Waals surface area contributed by atoms with Crippen molar-refractivity contribution in [3.8, 4) is 0 Å². The first-order valence-electron chi connectivity index (χ1n) is 5.51. The van der Waals surface area contributed by atoms with Gasteiger partial charge in [0.15, 0.2) is 0 Å². The van der Waals surface area contributed by atoms with Crippen LogP contribution in [-0.4, -0.2) is 11.0 Å². The first-order chi connectivity index (χ1) is 7.24. The monoisotopic (exact) mass is 204 g/mol. The van der Waals surface area contributed by atoms with Crippen LogP contribution in [0.1, 0.15) is 38.3 Å². The van der Waals surface area contributed by atoms with E-state index in [0.717, 1.165) is 12.8 Å². The summed E-state index contributed by atoms with van der Waals surface area (Å²) in [5.74, 6) is 0. The van der Waals surface area contributed by atoms with E-state index in [1.165, 1.54) is 5.56 Å². The van der Waals surface area contributed by atoms with Crippen LogP contribution in [0.25, 0.3) is 0 Å². The van der Waals surface area contributed by atoms with Crippen molar-refractivity contribution in [1.29, 1.82) is 0 Å². The molecule has 0 saturated carbocycles. The van der Waals surface area contributed by atoms with Gasteiger partial charge in [0, 0.05) is 24.5 Å². The zero-order valence-electron chi connectivity index (χ0n) is 9.61. The Labute approximate surface area is 92.4 Å². The van der Waals surface area contributed by atoms with Crippen LogP contribution in [0.3, 0.4) is 0 Å². The van der Waals surface area contributed by atoms with Gasteiger partial charge in [-0.3, -0.25) is 4.98 Å².